The molecule has 0 aliphatic heterocycles. The highest BCUT2D eigenvalue weighted by molar-refractivity contribution is 5.97. The van der Waals surface area contributed by atoms with Gasteiger partial charge in [0, 0.05) is 23.7 Å². The molecule has 0 aliphatic rings. The van der Waals surface area contributed by atoms with Crippen LogP contribution in [-0.2, 0) is 6.54 Å². The van der Waals surface area contributed by atoms with Crippen molar-refractivity contribution in [2.24, 2.45) is 16.8 Å². The minimum Gasteiger partial charge on any atom is -0.496 e. The normalized spacial score (nSPS) is 13.6. The van der Waals surface area contributed by atoms with E-state index < -0.39 is 0 Å². The van der Waals surface area contributed by atoms with Gasteiger partial charge < -0.3 is 26.1 Å². The van der Waals surface area contributed by atoms with E-state index in [0.29, 0.717) is 23.8 Å². The molecule has 0 saturated heterocycles. The van der Waals surface area contributed by atoms with Gasteiger partial charge in [-0.3, -0.25) is 0 Å². The number of amidine groups is 1. The van der Waals surface area contributed by atoms with Crippen LogP contribution in [-0.4, -0.2) is 35.9 Å². The van der Waals surface area contributed by atoms with Gasteiger partial charge in [0.25, 0.3) is 0 Å². The molecule has 0 amide bonds. The summed E-state index contributed by atoms with van der Waals surface area (Å²) in [6.07, 6.45) is 0. The highest BCUT2D eigenvalue weighted by atomic mass is 16.5. The summed E-state index contributed by atoms with van der Waals surface area (Å²) in [6.45, 7) is 4.68. The van der Waals surface area contributed by atoms with Crippen LogP contribution < -0.4 is 15.8 Å². The largest absolute Gasteiger partial charge is 0.496 e. The quantitative estimate of drug-likeness (QED) is 0.257. The topological polar surface area (TPSA) is 100 Å². The van der Waals surface area contributed by atoms with Gasteiger partial charge in [0.05, 0.1) is 13.7 Å². The van der Waals surface area contributed by atoms with E-state index in [9.17, 15) is 5.11 Å². The zero-order valence-electron chi connectivity index (χ0n) is 12.1. The fourth-order valence-electron chi connectivity index (χ4n) is 1.89. The number of oxime groups is 1. The molecule has 0 bridgehead atoms. The predicted molar refractivity (Wildman–Crippen MR) is 78.1 cm³/mol. The monoisotopic (exact) mass is 281 g/mol. The Morgan fingerprint density at radius 1 is 1.45 bits per heavy atom. The Kier molecular flexibility index (Phi) is 6.27. The molecule has 0 aromatic heterocycles. The number of aliphatic hydroxyl groups is 1. The number of ether oxygens (including phenoxy) is 1. The molecule has 20 heavy (non-hydrogen) atoms. The van der Waals surface area contributed by atoms with Crippen LogP contribution in [0.4, 0.5) is 0 Å². The van der Waals surface area contributed by atoms with Gasteiger partial charge in [-0.25, -0.2) is 0 Å². The van der Waals surface area contributed by atoms with Crippen molar-refractivity contribution < 1.29 is 15.1 Å². The van der Waals surface area contributed by atoms with Crippen molar-refractivity contribution >= 4 is 5.84 Å². The Morgan fingerprint density at radius 3 is 2.65 bits per heavy atom. The Hall–Kier alpha value is -1.79. The summed E-state index contributed by atoms with van der Waals surface area (Å²) in [5.41, 5.74) is 7.09. The molecule has 1 aromatic rings. The zero-order chi connectivity index (χ0) is 15.1. The molecule has 0 heterocycles. The maximum atomic E-state index is 9.32. The molecule has 112 valence electrons. The Labute approximate surface area is 119 Å². The van der Waals surface area contributed by atoms with Crippen molar-refractivity contribution in [2.45, 2.75) is 26.4 Å². The van der Waals surface area contributed by atoms with Gasteiger partial charge in [0.1, 0.15) is 5.75 Å². The number of rotatable bonds is 7. The van der Waals surface area contributed by atoms with Gasteiger partial charge in [-0.05, 0) is 24.1 Å². The molecule has 0 radical (unpaired) electrons. The first-order valence-corrected chi connectivity index (χ1v) is 6.52. The first-order valence-electron chi connectivity index (χ1n) is 6.52. The summed E-state index contributed by atoms with van der Waals surface area (Å²) in [6, 6.07) is 5.31. The van der Waals surface area contributed by atoms with Gasteiger partial charge in [-0.2, -0.15) is 0 Å². The summed E-state index contributed by atoms with van der Waals surface area (Å²) in [4.78, 5) is 0. The van der Waals surface area contributed by atoms with E-state index in [2.05, 4.69) is 10.5 Å². The number of aliphatic hydroxyl groups excluding tert-OH is 1. The second kappa shape index (κ2) is 7.72. The number of nitrogens with zero attached hydrogens (tertiary/aromatic N) is 1. The maximum Gasteiger partial charge on any atom is 0.170 e. The fourth-order valence-corrected chi connectivity index (χ4v) is 1.89. The first-order chi connectivity index (χ1) is 9.53. The fraction of sp³-hybridized carbons (Fsp3) is 0.500. The molecular formula is C14H23N3O3. The molecule has 0 fully saturated rings. The standard InChI is InChI=1S/C14H23N3O3/c1-9(2)12(8-18)16-7-11-6-10(14(15)17-19)4-5-13(11)20-3/h4-6,9,12,16,18-19H,7-8H2,1-3H3,(H2,15,17). The third kappa shape index (κ3) is 4.11. The summed E-state index contributed by atoms with van der Waals surface area (Å²) < 4.78 is 5.29. The van der Waals surface area contributed by atoms with Crippen LogP contribution in [0.15, 0.2) is 23.4 Å². The minimum absolute atomic E-state index is 0.00668. The molecular weight excluding hydrogens is 258 g/mol. The van der Waals surface area contributed by atoms with Gasteiger partial charge in [0.15, 0.2) is 5.84 Å². The summed E-state index contributed by atoms with van der Waals surface area (Å²) >= 11 is 0. The van der Waals surface area contributed by atoms with Crippen LogP contribution >= 0.6 is 0 Å². The number of benzene rings is 1. The van der Waals surface area contributed by atoms with Crippen LogP contribution in [0, 0.1) is 5.92 Å². The number of nitrogens with two attached hydrogens (primary N) is 1. The second-order valence-electron chi connectivity index (χ2n) is 4.93. The molecule has 6 nitrogen and oxygen atoms in total. The predicted octanol–water partition coefficient (Wildman–Crippen LogP) is 0.896. The number of hydrogen-bond acceptors (Lipinski definition) is 5. The molecule has 1 atom stereocenters. The van der Waals surface area contributed by atoms with Gasteiger partial charge in [-0.15, -0.1) is 0 Å². The molecule has 1 aromatic carbocycles. The summed E-state index contributed by atoms with van der Waals surface area (Å²) in [5, 5.41) is 24.3. The van der Waals surface area contributed by atoms with Crippen LogP contribution in [0.1, 0.15) is 25.0 Å². The highest BCUT2D eigenvalue weighted by Crippen LogP contribution is 2.20. The van der Waals surface area contributed by atoms with Crippen LogP contribution in [0.5, 0.6) is 5.75 Å². The molecule has 1 rings (SSSR count). The molecule has 0 saturated carbocycles. The van der Waals surface area contributed by atoms with E-state index in [1.165, 1.54) is 0 Å². The Balaban J connectivity index is 2.91. The van der Waals surface area contributed by atoms with Gasteiger partial charge in [-0.1, -0.05) is 19.0 Å². The van der Waals surface area contributed by atoms with E-state index in [4.69, 9.17) is 15.7 Å². The average molecular weight is 281 g/mol. The number of nitrogens with one attached hydrogen (secondary N) is 1. The minimum atomic E-state index is 0.00668. The number of hydrogen-bond donors (Lipinski definition) is 4. The third-order valence-electron chi connectivity index (χ3n) is 3.24. The third-order valence-corrected chi connectivity index (χ3v) is 3.24. The zero-order valence-corrected chi connectivity index (χ0v) is 12.1. The SMILES string of the molecule is COc1ccc(/C(N)=N/O)cc1CNC(CO)C(C)C. The molecule has 5 N–H and O–H groups in total. The van der Waals surface area contributed by atoms with Gasteiger partial charge >= 0.3 is 0 Å². The first kappa shape index (κ1) is 16.3. The molecule has 0 spiro atoms. The molecule has 1 unspecified atom stereocenters. The molecule has 0 aliphatic carbocycles. The Morgan fingerprint density at radius 2 is 2.15 bits per heavy atom. The lowest BCUT2D eigenvalue weighted by Crippen LogP contribution is -2.36. The second-order valence-corrected chi connectivity index (χ2v) is 4.93. The van der Waals surface area contributed by atoms with Crippen LogP contribution in [0.3, 0.4) is 0 Å². The van der Waals surface area contributed by atoms with Crippen molar-refractivity contribution in [1.82, 2.24) is 5.32 Å². The number of methoxy groups -OCH3 is 1. The van der Waals surface area contributed by atoms with E-state index in [1.54, 1.807) is 25.3 Å². The Bertz CT molecular complexity index is 461. The lowest BCUT2D eigenvalue weighted by molar-refractivity contribution is 0.209. The van der Waals surface area contributed by atoms with Crippen molar-refractivity contribution in [3.63, 3.8) is 0 Å². The maximum absolute atomic E-state index is 9.32. The van der Waals surface area contributed by atoms with E-state index in [-0.39, 0.29) is 18.5 Å². The van der Waals surface area contributed by atoms with Crippen LogP contribution in [0.2, 0.25) is 0 Å². The van der Waals surface area contributed by atoms with E-state index in [0.717, 1.165) is 5.56 Å². The van der Waals surface area contributed by atoms with Crippen LogP contribution in [0.25, 0.3) is 0 Å². The lowest BCUT2D eigenvalue weighted by atomic mass is 10.0. The van der Waals surface area contributed by atoms with E-state index in [1.807, 2.05) is 13.8 Å². The van der Waals surface area contributed by atoms with Crippen molar-refractivity contribution in [1.29, 1.82) is 0 Å². The van der Waals surface area contributed by atoms with Crippen molar-refractivity contribution in [3.8, 4) is 5.75 Å². The summed E-state index contributed by atoms with van der Waals surface area (Å²) in [5.74, 6) is 1.09. The van der Waals surface area contributed by atoms with Crippen molar-refractivity contribution in [3.05, 3.63) is 29.3 Å². The van der Waals surface area contributed by atoms with Gasteiger partial charge in [0.2, 0.25) is 0 Å². The summed E-state index contributed by atoms with van der Waals surface area (Å²) in [7, 11) is 1.59. The van der Waals surface area contributed by atoms with E-state index >= 15 is 0 Å². The highest BCUT2D eigenvalue weighted by Gasteiger charge is 2.13. The molecule has 6 heteroatoms. The average Bonchev–Trinajstić information content (AvgIpc) is 2.46. The van der Waals surface area contributed by atoms with Crippen molar-refractivity contribution in [2.75, 3.05) is 13.7 Å². The lowest BCUT2D eigenvalue weighted by Gasteiger charge is -2.21. The smallest absolute Gasteiger partial charge is 0.170 e.